The highest BCUT2D eigenvalue weighted by molar-refractivity contribution is 5.29. The Hall–Kier alpha value is -0.900. The van der Waals surface area contributed by atoms with Crippen LogP contribution in [0.5, 0.6) is 0 Å². The van der Waals surface area contributed by atoms with E-state index in [1.807, 2.05) is 7.05 Å². The molecule has 1 fully saturated rings. The van der Waals surface area contributed by atoms with Crippen molar-refractivity contribution < 1.29 is 9.47 Å². The van der Waals surface area contributed by atoms with Crippen LogP contribution in [0, 0.1) is 5.92 Å². The molecule has 3 nitrogen and oxygen atoms in total. The highest BCUT2D eigenvalue weighted by atomic mass is 16.5. The second-order valence-electron chi connectivity index (χ2n) is 4.53. The lowest BCUT2D eigenvalue weighted by molar-refractivity contribution is 0.0878. The predicted octanol–water partition coefficient (Wildman–Crippen LogP) is 2.13. The van der Waals surface area contributed by atoms with E-state index in [9.17, 15) is 0 Å². The summed E-state index contributed by atoms with van der Waals surface area (Å²) in [5.74, 6) is 0.568. The van der Waals surface area contributed by atoms with E-state index in [0.717, 1.165) is 19.6 Å². The molecule has 1 aliphatic heterocycles. The zero-order chi connectivity index (χ0) is 12.1. The van der Waals surface area contributed by atoms with Crippen LogP contribution >= 0.6 is 0 Å². The standard InChI is InChI=1S/C14H21NO2/c1-15-9-11-7-8-17-14(11)13-6-4-3-5-12(13)10-16-2/h3-6,11,14-15H,7-10H2,1-2H3. The fourth-order valence-electron chi connectivity index (χ4n) is 2.55. The molecule has 1 aromatic rings. The minimum atomic E-state index is 0.216. The molecule has 0 aromatic heterocycles. The molecule has 1 aliphatic rings. The number of methoxy groups -OCH3 is 1. The Morgan fingerprint density at radius 2 is 2.24 bits per heavy atom. The molecule has 0 saturated carbocycles. The van der Waals surface area contributed by atoms with E-state index in [-0.39, 0.29) is 6.10 Å². The first-order chi connectivity index (χ1) is 8.36. The highest BCUT2D eigenvalue weighted by Crippen LogP contribution is 2.35. The van der Waals surface area contributed by atoms with E-state index >= 15 is 0 Å². The Bertz CT molecular complexity index is 354. The molecule has 3 heteroatoms. The van der Waals surface area contributed by atoms with Gasteiger partial charge in [-0.15, -0.1) is 0 Å². The smallest absolute Gasteiger partial charge is 0.0869 e. The van der Waals surface area contributed by atoms with E-state index in [4.69, 9.17) is 9.47 Å². The van der Waals surface area contributed by atoms with Gasteiger partial charge in [-0.3, -0.25) is 0 Å². The van der Waals surface area contributed by atoms with Crippen LogP contribution < -0.4 is 5.32 Å². The summed E-state index contributed by atoms with van der Waals surface area (Å²) in [6, 6.07) is 8.41. The third kappa shape index (κ3) is 2.86. The minimum absolute atomic E-state index is 0.216. The molecule has 2 unspecified atom stereocenters. The van der Waals surface area contributed by atoms with Crippen LogP contribution in [0.3, 0.4) is 0 Å². The van der Waals surface area contributed by atoms with Crippen LogP contribution in [-0.4, -0.2) is 27.3 Å². The molecular weight excluding hydrogens is 214 g/mol. The Morgan fingerprint density at radius 3 is 3.00 bits per heavy atom. The summed E-state index contributed by atoms with van der Waals surface area (Å²) in [6.45, 7) is 2.52. The number of benzene rings is 1. The molecule has 94 valence electrons. The lowest BCUT2D eigenvalue weighted by Gasteiger charge is -2.21. The largest absolute Gasteiger partial charge is 0.380 e. The molecule has 0 aliphatic carbocycles. The van der Waals surface area contributed by atoms with Gasteiger partial charge in [0.2, 0.25) is 0 Å². The molecular formula is C14H21NO2. The SMILES string of the molecule is CNCC1CCOC1c1ccccc1COC. The van der Waals surface area contributed by atoms with Crippen molar-refractivity contribution in [1.29, 1.82) is 0 Å². The van der Waals surface area contributed by atoms with Crippen LogP contribution in [0.15, 0.2) is 24.3 Å². The van der Waals surface area contributed by atoms with Gasteiger partial charge in [0.15, 0.2) is 0 Å². The van der Waals surface area contributed by atoms with Gasteiger partial charge in [0, 0.05) is 26.2 Å². The van der Waals surface area contributed by atoms with Crippen LogP contribution in [0.25, 0.3) is 0 Å². The van der Waals surface area contributed by atoms with Crippen LogP contribution in [0.4, 0.5) is 0 Å². The molecule has 2 rings (SSSR count). The summed E-state index contributed by atoms with van der Waals surface area (Å²) < 4.78 is 11.1. The fraction of sp³-hybridized carbons (Fsp3) is 0.571. The van der Waals surface area contributed by atoms with Gasteiger partial charge in [0.1, 0.15) is 0 Å². The van der Waals surface area contributed by atoms with Gasteiger partial charge in [0.25, 0.3) is 0 Å². The summed E-state index contributed by atoms with van der Waals surface area (Å²) in [6.07, 6.45) is 1.35. The fourth-order valence-corrected chi connectivity index (χ4v) is 2.55. The van der Waals surface area contributed by atoms with Crippen molar-refractivity contribution in [3.8, 4) is 0 Å². The third-order valence-electron chi connectivity index (χ3n) is 3.34. The normalized spacial score (nSPS) is 24.1. The predicted molar refractivity (Wildman–Crippen MR) is 67.9 cm³/mol. The van der Waals surface area contributed by atoms with Gasteiger partial charge in [-0.2, -0.15) is 0 Å². The van der Waals surface area contributed by atoms with E-state index in [0.29, 0.717) is 12.5 Å². The van der Waals surface area contributed by atoms with Gasteiger partial charge < -0.3 is 14.8 Å². The Balaban J connectivity index is 2.20. The number of hydrogen-bond donors (Lipinski definition) is 1. The van der Waals surface area contributed by atoms with Crippen molar-refractivity contribution in [2.45, 2.75) is 19.1 Å². The first-order valence-electron chi connectivity index (χ1n) is 6.19. The monoisotopic (exact) mass is 235 g/mol. The van der Waals surface area contributed by atoms with Crippen molar-refractivity contribution in [3.05, 3.63) is 35.4 Å². The molecule has 17 heavy (non-hydrogen) atoms. The number of rotatable bonds is 5. The molecule has 1 saturated heterocycles. The van der Waals surface area contributed by atoms with Crippen molar-refractivity contribution in [2.75, 3.05) is 27.3 Å². The zero-order valence-electron chi connectivity index (χ0n) is 10.6. The van der Waals surface area contributed by atoms with Gasteiger partial charge >= 0.3 is 0 Å². The molecule has 1 aromatic carbocycles. The summed E-state index contributed by atoms with van der Waals surface area (Å²) in [5, 5.41) is 3.25. The number of nitrogens with one attached hydrogen (secondary N) is 1. The molecule has 2 atom stereocenters. The quantitative estimate of drug-likeness (QED) is 0.848. The van der Waals surface area contributed by atoms with Gasteiger partial charge in [-0.25, -0.2) is 0 Å². The zero-order valence-corrected chi connectivity index (χ0v) is 10.6. The number of ether oxygens (including phenoxy) is 2. The highest BCUT2D eigenvalue weighted by Gasteiger charge is 2.30. The first kappa shape index (κ1) is 12.6. The van der Waals surface area contributed by atoms with E-state index in [2.05, 4.69) is 29.6 Å². The maximum atomic E-state index is 5.90. The van der Waals surface area contributed by atoms with Gasteiger partial charge in [-0.05, 0) is 24.6 Å². The lowest BCUT2D eigenvalue weighted by atomic mass is 9.92. The third-order valence-corrected chi connectivity index (χ3v) is 3.34. The lowest BCUT2D eigenvalue weighted by Crippen LogP contribution is -2.22. The van der Waals surface area contributed by atoms with Crippen LogP contribution in [0.1, 0.15) is 23.7 Å². The topological polar surface area (TPSA) is 30.5 Å². The summed E-state index contributed by atoms with van der Waals surface area (Å²) in [4.78, 5) is 0. The molecule has 1 heterocycles. The van der Waals surface area contributed by atoms with Crippen molar-refractivity contribution >= 4 is 0 Å². The van der Waals surface area contributed by atoms with E-state index in [1.165, 1.54) is 11.1 Å². The second kappa shape index (κ2) is 6.15. The van der Waals surface area contributed by atoms with E-state index in [1.54, 1.807) is 7.11 Å². The maximum absolute atomic E-state index is 5.90. The average Bonchev–Trinajstić information content (AvgIpc) is 2.79. The van der Waals surface area contributed by atoms with E-state index < -0.39 is 0 Å². The van der Waals surface area contributed by atoms with Crippen molar-refractivity contribution in [1.82, 2.24) is 5.32 Å². The van der Waals surface area contributed by atoms with Crippen molar-refractivity contribution in [3.63, 3.8) is 0 Å². The Morgan fingerprint density at radius 1 is 1.41 bits per heavy atom. The number of hydrogen-bond acceptors (Lipinski definition) is 3. The van der Waals surface area contributed by atoms with Gasteiger partial charge in [0.05, 0.1) is 12.7 Å². The molecule has 0 bridgehead atoms. The Labute approximate surface area is 103 Å². The van der Waals surface area contributed by atoms with Crippen molar-refractivity contribution in [2.24, 2.45) is 5.92 Å². The summed E-state index contributed by atoms with van der Waals surface area (Å²) in [7, 11) is 3.73. The average molecular weight is 235 g/mol. The summed E-state index contributed by atoms with van der Waals surface area (Å²) >= 11 is 0. The maximum Gasteiger partial charge on any atom is 0.0869 e. The van der Waals surface area contributed by atoms with Gasteiger partial charge in [-0.1, -0.05) is 24.3 Å². The Kier molecular flexibility index (Phi) is 4.54. The first-order valence-corrected chi connectivity index (χ1v) is 6.19. The molecule has 1 N–H and O–H groups in total. The molecule has 0 amide bonds. The van der Waals surface area contributed by atoms with Crippen LogP contribution in [-0.2, 0) is 16.1 Å². The second-order valence-corrected chi connectivity index (χ2v) is 4.53. The summed E-state index contributed by atoms with van der Waals surface area (Å²) in [5.41, 5.74) is 2.52. The minimum Gasteiger partial charge on any atom is -0.380 e. The molecule has 0 radical (unpaired) electrons. The van der Waals surface area contributed by atoms with Crippen LogP contribution in [0.2, 0.25) is 0 Å². The molecule has 0 spiro atoms.